The molecule has 0 spiro atoms. The average Bonchev–Trinajstić information content (AvgIpc) is 2.98. The number of aromatic nitrogens is 2. The van der Waals surface area contributed by atoms with Gasteiger partial charge in [-0.3, -0.25) is 4.68 Å². The summed E-state index contributed by atoms with van der Waals surface area (Å²) in [6.07, 6.45) is 3.40. The van der Waals surface area contributed by atoms with Gasteiger partial charge in [-0.1, -0.05) is 13.0 Å². The molecule has 0 saturated heterocycles. The first-order chi connectivity index (χ1) is 9.61. The molecule has 110 valence electrons. The summed E-state index contributed by atoms with van der Waals surface area (Å²) in [5.41, 5.74) is 3.90. The number of aryl methyl sites for hydroxylation is 2. The minimum atomic E-state index is 0.553. The highest BCUT2D eigenvalue weighted by molar-refractivity contribution is 7.09. The monoisotopic (exact) mass is 291 g/mol. The minimum absolute atomic E-state index is 0.553. The Morgan fingerprint density at radius 1 is 1.40 bits per heavy atom. The first-order valence-electron chi connectivity index (χ1n) is 7.36. The van der Waals surface area contributed by atoms with Crippen LogP contribution in [0.2, 0.25) is 0 Å². The van der Waals surface area contributed by atoms with Gasteiger partial charge in [-0.25, -0.2) is 0 Å². The third kappa shape index (κ3) is 3.70. The van der Waals surface area contributed by atoms with Crippen LogP contribution in [0, 0.1) is 13.8 Å². The highest BCUT2D eigenvalue weighted by atomic mass is 32.1. The molecule has 0 aliphatic carbocycles. The summed E-state index contributed by atoms with van der Waals surface area (Å²) < 4.78 is 1.99. The van der Waals surface area contributed by atoms with Gasteiger partial charge in [-0.2, -0.15) is 5.10 Å². The molecular weight excluding hydrogens is 266 g/mol. The summed E-state index contributed by atoms with van der Waals surface area (Å²) in [5.74, 6) is 0. The molecule has 2 rings (SSSR count). The molecule has 0 aliphatic heterocycles. The maximum atomic E-state index is 4.51. The topological polar surface area (TPSA) is 29.9 Å². The van der Waals surface area contributed by atoms with Crippen molar-refractivity contribution in [1.29, 1.82) is 0 Å². The fourth-order valence-electron chi connectivity index (χ4n) is 2.73. The zero-order chi connectivity index (χ0) is 14.5. The normalized spacial score (nSPS) is 12.8. The van der Waals surface area contributed by atoms with Crippen molar-refractivity contribution in [1.82, 2.24) is 15.1 Å². The zero-order valence-corrected chi connectivity index (χ0v) is 13.8. The Kier molecular flexibility index (Phi) is 5.38. The SMILES string of the molecule is CCNC(CCc1c(C)nn(C)c1C)Cc1cccs1. The molecule has 3 nitrogen and oxygen atoms in total. The largest absolute Gasteiger partial charge is 0.314 e. The fraction of sp³-hybridized carbons (Fsp3) is 0.562. The predicted octanol–water partition coefficient (Wildman–Crippen LogP) is 3.25. The van der Waals surface area contributed by atoms with Crippen LogP contribution in [0.25, 0.3) is 0 Å². The molecule has 0 saturated carbocycles. The Morgan fingerprint density at radius 2 is 2.20 bits per heavy atom. The van der Waals surface area contributed by atoms with Gasteiger partial charge in [0.15, 0.2) is 0 Å². The molecule has 1 N–H and O–H groups in total. The standard InChI is InChI=1S/C16H25N3S/c1-5-17-14(11-15-7-6-10-20-15)8-9-16-12(2)18-19(4)13(16)3/h6-7,10,14,17H,5,8-9,11H2,1-4H3. The molecule has 0 aliphatic rings. The van der Waals surface area contributed by atoms with Crippen LogP contribution in [0.3, 0.4) is 0 Å². The second kappa shape index (κ2) is 7.04. The van der Waals surface area contributed by atoms with E-state index >= 15 is 0 Å². The lowest BCUT2D eigenvalue weighted by Crippen LogP contribution is -2.31. The van der Waals surface area contributed by atoms with Crippen molar-refractivity contribution in [2.75, 3.05) is 6.54 Å². The summed E-state index contributed by atoms with van der Waals surface area (Å²) in [6, 6.07) is 4.92. The Morgan fingerprint density at radius 3 is 2.75 bits per heavy atom. The van der Waals surface area contributed by atoms with Crippen LogP contribution < -0.4 is 5.32 Å². The van der Waals surface area contributed by atoms with Gasteiger partial charge in [0, 0.05) is 23.7 Å². The van der Waals surface area contributed by atoms with Crippen molar-refractivity contribution in [3.63, 3.8) is 0 Å². The van der Waals surface area contributed by atoms with Crippen LogP contribution in [0.5, 0.6) is 0 Å². The van der Waals surface area contributed by atoms with E-state index in [0.717, 1.165) is 19.4 Å². The van der Waals surface area contributed by atoms with Gasteiger partial charge < -0.3 is 5.32 Å². The Balaban J connectivity index is 1.98. The molecule has 0 fully saturated rings. The number of nitrogens with one attached hydrogen (secondary N) is 1. The van der Waals surface area contributed by atoms with E-state index in [0.29, 0.717) is 6.04 Å². The van der Waals surface area contributed by atoms with Gasteiger partial charge in [-0.15, -0.1) is 11.3 Å². The molecule has 1 unspecified atom stereocenters. The highest BCUT2D eigenvalue weighted by Crippen LogP contribution is 2.18. The molecule has 0 amide bonds. The molecule has 0 radical (unpaired) electrons. The van der Waals surface area contributed by atoms with Crippen molar-refractivity contribution in [2.24, 2.45) is 7.05 Å². The number of rotatable bonds is 7. The number of hydrogen-bond donors (Lipinski definition) is 1. The third-order valence-electron chi connectivity index (χ3n) is 3.92. The van der Waals surface area contributed by atoms with E-state index in [1.165, 1.54) is 28.2 Å². The van der Waals surface area contributed by atoms with E-state index in [2.05, 4.69) is 48.7 Å². The lowest BCUT2D eigenvalue weighted by atomic mass is 10.0. The molecular formula is C16H25N3S. The maximum Gasteiger partial charge on any atom is 0.0628 e. The van der Waals surface area contributed by atoms with Crippen LogP contribution in [-0.4, -0.2) is 22.4 Å². The lowest BCUT2D eigenvalue weighted by Gasteiger charge is -2.17. The number of thiophene rings is 1. The Bertz CT molecular complexity index is 528. The summed E-state index contributed by atoms with van der Waals surface area (Å²) in [4.78, 5) is 1.47. The quantitative estimate of drug-likeness (QED) is 0.848. The van der Waals surface area contributed by atoms with Crippen LogP contribution in [0.4, 0.5) is 0 Å². The number of likely N-dealkylation sites (N-methyl/N-ethyl adjacent to an activating group) is 1. The van der Waals surface area contributed by atoms with Gasteiger partial charge in [0.1, 0.15) is 0 Å². The van der Waals surface area contributed by atoms with Crippen LogP contribution in [-0.2, 0) is 19.9 Å². The van der Waals surface area contributed by atoms with Gasteiger partial charge in [-0.05, 0) is 56.7 Å². The van der Waals surface area contributed by atoms with E-state index in [9.17, 15) is 0 Å². The highest BCUT2D eigenvalue weighted by Gasteiger charge is 2.14. The van der Waals surface area contributed by atoms with Gasteiger partial charge in [0.2, 0.25) is 0 Å². The molecule has 0 bridgehead atoms. The predicted molar refractivity (Wildman–Crippen MR) is 86.5 cm³/mol. The van der Waals surface area contributed by atoms with Crippen LogP contribution >= 0.6 is 11.3 Å². The number of nitrogens with zero attached hydrogens (tertiary/aromatic N) is 2. The molecule has 2 aromatic rings. The van der Waals surface area contributed by atoms with Gasteiger partial charge in [0.25, 0.3) is 0 Å². The van der Waals surface area contributed by atoms with Crippen LogP contribution in [0.1, 0.15) is 35.2 Å². The molecule has 2 heterocycles. The Labute approximate surface area is 126 Å². The first-order valence-corrected chi connectivity index (χ1v) is 8.24. The van der Waals surface area contributed by atoms with Crippen molar-refractivity contribution < 1.29 is 0 Å². The second-order valence-electron chi connectivity index (χ2n) is 5.35. The van der Waals surface area contributed by atoms with E-state index in [1.807, 2.05) is 23.1 Å². The number of hydrogen-bond acceptors (Lipinski definition) is 3. The van der Waals surface area contributed by atoms with Gasteiger partial charge in [0.05, 0.1) is 5.69 Å². The minimum Gasteiger partial charge on any atom is -0.314 e. The van der Waals surface area contributed by atoms with E-state index < -0.39 is 0 Å². The van der Waals surface area contributed by atoms with Crippen molar-refractivity contribution in [3.05, 3.63) is 39.3 Å². The first kappa shape index (κ1) is 15.3. The molecule has 0 aromatic carbocycles. The Hall–Kier alpha value is -1.13. The average molecular weight is 291 g/mol. The van der Waals surface area contributed by atoms with Crippen molar-refractivity contribution >= 4 is 11.3 Å². The summed E-state index contributed by atoms with van der Waals surface area (Å²) in [5, 5.41) is 10.3. The molecule has 1 atom stereocenters. The summed E-state index contributed by atoms with van der Waals surface area (Å²) in [7, 11) is 2.03. The zero-order valence-electron chi connectivity index (χ0n) is 12.9. The van der Waals surface area contributed by atoms with Crippen molar-refractivity contribution in [3.8, 4) is 0 Å². The third-order valence-corrected chi connectivity index (χ3v) is 4.82. The smallest absolute Gasteiger partial charge is 0.0628 e. The van der Waals surface area contributed by atoms with Crippen LogP contribution in [0.15, 0.2) is 17.5 Å². The van der Waals surface area contributed by atoms with E-state index in [1.54, 1.807) is 0 Å². The molecule has 20 heavy (non-hydrogen) atoms. The summed E-state index contributed by atoms with van der Waals surface area (Å²) >= 11 is 1.85. The fourth-order valence-corrected chi connectivity index (χ4v) is 3.52. The lowest BCUT2D eigenvalue weighted by molar-refractivity contribution is 0.493. The second-order valence-corrected chi connectivity index (χ2v) is 6.38. The van der Waals surface area contributed by atoms with Gasteiger partial charge >= 0.3 is 0 Å². The van der Waals surface area contributed by atoms with E-state index in [-0.39, 0.29) is 0 Å². The summed E-state index contributed by atoms with van der Waals surface area (Å²) in [6.45, 7) is 7.49. The maximum absolute atomic E-state index is 4.51. The molecule has 2 aromatic heterocycles. The van der Waals surface area contributed by atoms with E-state index in [4.69, 9.17) is 0 Å². The molecule has 4 heteroatoms. The van der Waals surface area contributed by atoms with Crippen molar-refractivity contribution in [2.45, 2.75) is 46.1 Å².